The standard InChI is InChI=1S/C105H98N8O2S3/c1-14-18-20-72(16-3)114-74-28-22-68(23-29-74)99-76-32-26-70(106-76)58-71-27-33-77(107-71)100(69-24-30-75(31-25-69)115-73(17-4)21-19-15-2)79-35-37-81(109-79)101(80-36-34-78(99)108-80)94-50-48-92(117-94)90-46-47-91(116-90)93-49-51-95(118-93)102-82-38-40-84(110-82)103(96-62(8)52-59(5)53-63(96)9)86-42-44-88(112-86)105(98-66(12)56-61(7)57-67(98)13)89-45-43-87(113-89)104(85-41-39-83(102)111-85)97-64(10)54-60(6)55-65(97)11/h22-58,72-73,106,109-110,113H,14-21H2,1-13H3. The third-order valence-corrected chi connectivity index (χ3v) is 27.2. The van der Waals surface area contributed by atoms with Crippen LogP contribution in [0.25, 0.3) is 189 Å². The van der Waals surface area contributed by atoms with Crippen LogP contribution in [0.4, 0.5) is 0 Å². The molecule has 16 bridgehead atoms. The maximum atomic E-state index is 6.61. The van der Waals surface area contributed by atoms with E-state index < -0.39 is 0 Å². The number of hydrogen-bond donors (Lipinski definition) is 4. The minimum Gasteiger partial charge on any atom is -0.490 e. The lowest BCUT2D eigenvalue weighted by Crippen LogP contribution is -2.14. The van der Waals surface area contributed by atoms with E-state index in [1.807, 2.05) is 11.3 Å². The number of unbranched alkanes of at least 4 members (excludes halogenated alkanes) is 2. The molecule has 0 aliphatic carbocycles. The van der Waals surface area contributed by atoms with Gasteiger partial charge in [0.1, 0.15) is 11.5 Å². The Balaban J connectivity index is 0.784. The summed E-state index contributed by atoms with van der Waals surface area (Å²) in [4.78, 5) is 45.5. The van der Waals surface area contributed by atoms with E-state index in [9.17, 15) is 0 Å². The van der Waals surface area contributed by atoms with Crippen LogP contribution in [-0.4, -0.2) is 52.1 Å². The number of thiophene rings is 3. The van der Waals surface area contributed by atoms with Crippen molar-refractivity contribution in [1.82, 2.24) is 39.9 Å². The Labute approximate surface area is 703 Å². The Kier molecular flexibility index (Phi) is 21.3. The minimum atomic E-state index is 0.167. The fourth-order valence-corrected chi connectivity index (χ4v) is 21.5. The molecule has 0 radical (unpaired) electrons. The minimum absolute atomic E-state index is 0.167. The van der Waals surface area contributed by atoms with Gasteiger partial charge in [-0.3, -0.25) is 0 Å². The van der Waals surface area contributed by atoms with Crippen LogP contribution in [0, 0.1) is 62.3 Å². The number of aromatic nitrogens is 8. The van der Waals surface area contributed by atoms with Crippen molar-refractivity contribution in [3.63, 3.8) is 0 Å². The molecule has 10 nitrogen and oxygen atoms in total. The van der Waals surface area contributed by atoms with E-state index in [1.54, 1.807) is 22.7 Å². The van der Waals surface area contributed by atoms with Gasteiger partial charge in [0.15, 0.2) is 0 Å². The highest BCUT2D eigenvalue weighted by atomic mass is 32.1. The summed E-state index contributed by atoms with van der Waals surface area (Å²) in [5, 5.41) is 0. The van der Waals surface area contributed by atoms with E-state index in [2.05, 4.69) is 334 Å². The van der Waals surface area contributed by atoms with E-state index in [0.29, 0.717) is 0 Å². The normalized spacial score (nSPS) is 12.9. The first-order valence-electron chi connectivity index (χ1n) is 41.8. The van der Waals surface area contributed by atoms with Gasteiger partial charge in [0.2, 0.25) is 0 Å². The van der Waals surface area contributed by atoms with Crippen LogP contribution in [0.2, 0.25) is 0 Å². The first kappa shape index (κ1) is 77.2. The van der Waals surface area contributed by atoms with Crippen LogP contribution >= 0.6 is 34.0 Å². The number of hydrogen-bond acceptors (Lipinski definition) is 9. The lowest BCUT2D eigenvalue weighted by molar-refractivity contribution is 0.183. The molecule has 0 saturated heterocycles. The zero-order valence-corrected chi connectivity index (χ0v) is 72.0. The molecule has 4 N–H and O–H groups in total. The summed E-state index contributed by atoms with van der Waals surface area (Å²) >= 11 is 5.42. The molecule has 18 rings (SSSR count). The van der Waals surface area contributed by atoms with Crippen molar-refractivity contribution < 1.29 is 9.47 Å². The molecule has 13 heteroatoms. The van der Waals surface area contributed by atoms with Crippen LogP contribution in [0.5, 0.6) is 11.5 Å². The Morgan fingerprint density at radius 3 is 0.924 bits per heavy atom. The molecule has 0 saturated carbocycles. The summed E-state index contributed by atoms with van der Waals surface area (Å²) < 4.78 is 13.2. The van der Waals surface area contributed by atoms with Crippen molar-refractivity contribution >= 4 is 127 Å². The maximum Gasteiger partial charge on any atom is 0.119 e. The van der Waals surface area contributed by atoms with Gasteiger partial charge in [0.05, 0.1) is 57.8 Å². The predicted octanol–water partition coefficient (Wildman–Crippen LogP) is 30.3. The molecule has 0 fully saturated rings. The molecule has 2 unspecified atom stereocenters. The van der Waals surface area contributed by atoms with E-state index in [0.717, 1.165) is 212 Å². The number of H-pyrrole nitrogens is 4. The summed E-state index contributed by atoms with van der Waals surface area (Å²) in [6.45, 7) is 28.9. The van der Waals surface area contributed by atoms with Crippen LogP contribution in [0.3, 0.4) is 0 Å². The van der Waals surface area contributed by atoms with Gasteiger partial charge in [-0.25, -0.2) is 19.9 Å². The van der Waals surface area contributed by atoms with Crippen LogP contribution in [0.1, 0.15) is 175 Å². The molecular formula is C105H98N8O2S3. The van der Waals surface area contributed by atoms with Crippen molar-refractivity contribution in [2.24, 2.45) is 0 Å². The smallest absolute Gasteiger partial charge is 0.119 e. The number of benzene rings is 5. The molecule has 9 aromatic heterocycles. The number of aryl methyl sites for hydroxylation is 9. The summed E-state index contributed by atoms with van der Waals surface area (Å²) in [7, 11) is 0. The summed E-state index contributed by atoms with van der Waals surface area (Å²) in [6, 6.07) is 64.6. The molecule has 4 aliphatic rings. The van der Waals surface area contributed by atoms with E-state index in [4.69, 9.17) is 29.4 Å². The average molecular weight is 1600 g/mol. The molecule has 13 heterocycles. The molecular weight excluding hydrogens is 1500 g/mol. The van der Waals surface area contributed by atoms with E-state index in [-0.39, 0.29) is 12.2 Å². The molecule has 4 aliphatic heterocycles. The van der Waals surface area contributed by atoms with Crippen molar-refractivity contribution in [3.8, 4) is 108 Å². The summed E-state index contributed by atoms with van der Waals surface area (Å²) in [6.07, 6.45) is 26.4. The second-order valence-electron chi connectivity index (χ2n) is 32.3. The van der Waals surface area contributed by atoms with Gasteiger partial charge in [-0.05, 0) is 313 Å². The van der Waals surface area contributed by atoms with Gasteiger partial charge in [-0.1, -0.05) is 131 Å². The highest BCUT2D eigenvalue weighted by molar-refractivity contribution is 7.28. The van der Waals surface area contributed by atoms with Crippen molar-refractivity contribution in [3.05, 3.63) is 272 Å². The third kappa shape index (κ3) is 15.0. The predicted molar refractivity (Wildman–Crippen MR) is 505 cm³/mol. The first-order chi connectivity index (χ1) is 57.4. The average Bonchev–Trinajstić information content (AvgIpc) is 1.59. The third-order valence-electron chi connectivity index (χ3n) is 23.5. The monoisotopic (exact) mass is 1600 g/mol. The van der Waals surface area contributed by atoms with E-state index >= 15 is 0 Å². The Morgan fingerprint density at radius 2 is 0.568 bits per heavy atom. The molecule has 2 atom stereocenters. The maximum absolute atomic E-state index is 6.61. The zero-order valence-electron chi connectivity index (χ0n) is 69.5. The molecule has 14 aromatic rings. The van der Waals surface area contributed by atoms with Crippen molar-refractivity contribution in [1.29, 1.82) is 0 Å². The van der Waals surface area contributed by atoms with Gasteiger partial charge in [0.25, 0.3) is 0 Å². The number of ether oxygens (including phenoxy) is 2. The number of rotatable bonds is 21. The van der Waals surface area contributed by atoms with Crippen molar-refractivity contribution in [2.45, 2.75) is 154 Å². The van der Waals surface area contributed by atoms with E-state index in [1.165, 1.54) is 86.3 Å². The Morgan fingerprint density at radius 1 is 0.280 bits per heavy atom. The number of nitrogens with one attached hydrogen (secondary N) is 4. The molecule has 0 amide bonds. The lowest BCUT2D eigenvalue weighted by Gasteiger charge is -2.17. The van der Waals surface area contributed by atoms with Crippen LogP contribution < -0.4 is 9.47 Å². The SMILES string of the molecule is CCCCC(CC)Oc1ccc(-c2c3nc(c(-c4ccc(-c5ccc(-c6ccc(-c7c8nc(c(-c9c(C)cc(C)cc9C)c9ccc([nH]9)c(-c9c(C)cc(C)cc9C)c9nc(c(-c%10c(C)cc(C)cc%10C)c%10ccc7[nH]%10)C=C9)C=C8)s6)s5)s4)c4ccc([nH]4)c(-c4ccc(OC(CC)CCCC)cc4)c4nc(cc5ccc2[nH]5)C=C4)C=C3)cc1. The topological polar surface area (TPSA) is 133 Å². The van der Waals surface area contributed by atoms with Gasteiger partial charge in [-0.2, -0.15) is 0 Å². The highest BCUT2D eigenvalue weighted by Crippen LogP contribution is 2.49. The van der Waals surface area contributed by atoms with Crippen LogP contribution in [-0.2, 0) is 0 Å². The first-order valence-corrected chi connectivity index (χ1v) is 44.3. The van der Waals surface area contributed by atoms with Crippen molar-refractivity contribution in [2.75, 3.05) is 0 Å². The number of fused-ring (bicyclic) bond motifs is 16. The lowest BCUT2D eigenvalue weighted by atomic mass is 9.92. The fourth-order valence-electron chi connectivity index (χ4n) is 18.1. The molecule has 118 heavy (non-hydrogen) atoms. The fraction of sp³-hybridized carbons (Fsp3) is 0.219. The number of nitrogens with zero attached hydrogens (tertiary/aromatic N) is 4. The highest BCUT2D eigenvalue weighted by Gasteiger charge is 2.27. The summed E-state index contributed by atoms with van der Waals surface area (Å²) in [5.41, 5.74) is 38.4. The molecule has 588 valence electrons. The quantitative estimate of drug-likeness (QED) is 0.0566. The molecule has 0 spiro atoms. The Bertz CT molecular complexity index is 6630. The Hall–Kier alpha value is -12.0. The second kappa shape index (κ2) is 32.5. The number of aromatic amines is 4. The van der Waals surface area contributed by atoms with Gasteiger partial charge >= 0.3 is 0 Å². The molecule has 5 aromatic carbocycles. The van der Waals surface area contributed by atoms with Gasteiger partial charge in [0, 0.05) is 112 Å². The second-order valence-corrected chi connectivity index (χ2v) is 35.5. The van der Waals surface area contributed by atoms with Gasteiger partial charge in [-0.15, -0.1) is 34.0 Å². The zero-order chi connectivity index (χ0) is 81.1. The summed E-state index contributed by atoms with van der Waals surface area (Å²) in [5.74, 6) is 1.75. The van der Waals surface area contributed by atoms with Crippen LogP contribution in [0.15, 0.2) is 176 Å². The van der Waals surface area contributed by atoms with Gasteiger partial charge < -0.3 is 29.4 Å². The largest absolute Gasteiger partial charge is 0.490 e.